The van der Waals surface area contributed by atoms with Crippen LogP contribution in [0.4, 0.5) is 0 Å². The third-order valence-electron chi connectivity index (χ3n) is 5.65. The summed E-state index contributed by atoms with van der Waals surface area (Å²) in [4.78, 5) is 13.1. The van der Waals surface area contributed by atoms with Crippen LogP contribution >= 0.6 is 11.6 Å². The fraction of sp³-hybridized carbons (Fsp3) is 0.348. The minimum Gasteiger partial charge on any atom is -0.496 e. The molecule has 1 N–H and O–H groups in total. The van der Waals surface area contributed by atoms with Gasteiger partial charge in [-0.3, -0.25) is 4.79 Å². The summed E-state index contributed by atoms with van der Waals surface area (Å²) in [6, 6.07) is 10.3. The molecule has 0 bridgehead atoms. The maximum Gasteiger partial charge on any atom is 0.197 e. The second-order valence-electron chi connectivity index (χ2n) is 7.31. The Bertz CT molecular complexity index is 1100. The van der Waals surface area contributed by atoms with Crippen molar-refractivity contribution in [3.8, 4) is 22.8 Å². The van der Waals surface area contributed by atoms with Gasteiger partial charge in [0.15, 0.2) is 5.43 Å². The van der Waals surface area contributed by atoms with Crippen molar-refractivity contribution in [2.24, 2.45) is 0 Å². The van der Waals surface area contributed by atoms with E-state index in [0.29, 0.717) is 50.8 Å². The standard InChI is InChI=1S/C23H23ClO5/c1-27-19-12-20(28-2)22-17(26)11-18(13-7-3-5-9-15(13)24)29-23(22)21(19)14-8-4-6-10-16(14)25/h3,5,7,9,11-12,14,16,25H,4,6,8,10H2,1-2H3/t14-,16+/m1/s1. The predicted molar refractivity (Wildman–Crippen MR) is 113 cm³/mol. The number of hydrogen-bond acceptors (Lipinski definition) is 5. The van der Waals surface area contributed by atoms with Crippen molar-refractivity contribution in [2.45, 2.75) is 37.7 Å². The van der Waals surface area contributed by atoms with Gasteiger partial charge in [0.2, 0.25) is 0 Å². The molecule has 29 heavy (non-hydrogen) atoms. The molecular weight excluding hydrogens is 392 g/mol. The van der Waals surface area contributed by atoms with Gasteiger partial charge in [-0.1, -0.05) is 36.6 Å². The average Bonchev–Trinajstić information content (AvgIpc) is 2.73. The Hall–Kier alpha value is -2.50. The molecule has 6 heteroatoms. The highest BCUT2D eigenvalue weighted by Crippen LogP contribution is 2.45. The van der Waals surface area contributed by atoms with Gasteiger partial charge in [0.1, 0.15) is 28.2 Å². The van der Waals surface area contributed by atoms with Gasteiger partial charge in [0.05, 0.1) is 25.3 Å². The summed E-state index contributed by atoms with van der Waals surface area (Å²) in [5, 5.41) is 11.5. The zero-order valence-electron chi connectivity index (χ0n) is 16.4. The molecule has 0 radical (unpaired) electrons. The molecule has 0 amide bonds. The van der Waals surface area contributed by atoms with Crippen molar-refractivity contribution in [3.63, 3.8) is 0 Å². The van der Waals surface area contributed by atoms with E-state index >= 15 is 0 Å². The van der Waals surface area contributed by atoms with Crippen molar-refractivity contribution in [1.82, 2.24) is 0 Å². The first-order valence-electron chi connectivity index (χ1n) is 9.70. The minimum atomic E-state index is -0.525. The smallest absolute Gasteiger partial charge is 0.197 e. The molecule has 1 aliphatic rings. The number of fused-ring (bicyclic) bond motifs is 1. The molecule has 2 atom stereocenters. The van der Waals surface area contributed by atoms with Crippen LogP contribution in [0.25, 0.3) is 22.3 Å². The highest BCUT2D eigenvalue weighted by molar-refractivity contribution is 6.33. The number of rotatable bonds is 4. The van der Waals surface area contributed by atoms with Crippen LogP contribution in [0.1, 0.15) is 37.2 Å². The summed E-state index contributed by atoms with van der Waals surface area (Å²) >= 11 is 6.34. The largest absolute Gasteiger partial charge is 0.496 e. The number of aliphatic hydroxyl groups excluding tert-OH is 1. The van der Waals surface area contributed by atoms with E-state index < -0.39 is 6.10 Å². The molecule has 2 aromatic carbocycles. The lowest BCUT2D eigenvalue weighted by Gasteiger charge is -2.29. The topological polar surface area (TPSA) is 68.9 Å². The van der Waals surface area contributed by atoms with Gasteiger partial charge >= 0.3 is 0 Å². The molecule has 0 spiro atoms. The normalized spacial score (nSPS) is 19.3. The molecular formula is C23H23ClO5. The van der Waals surface area contributed by atoms with Gasteiger partial charge in [-0.25, -0.2) is 0 Å². The lowest BCUT2D eigenvalue weighted by molar-refractivity contribution is 0.105. The molecule has 1 aromatic heterocycles. The summed E-state index contributed by atoms with van der Waals surface area (Å²) < 4.78 is 17.4. The fourth-order valence-electron chi connectivity index (χ4n) is 4.22. The van der Waals surface area contributed by atoms with Crippen molar-refractivity contribution in [3.05, 3.63) is 57.2 Å². The van der Waals surface area contributed by atoms with Crippen LogP contribution in [0.3, 0.4) is 0 Å². The highest BCUT2D eigenvalue weighted by Gasteiger charge is 2.32. The van der Waals surface area contributed by atoms with Crippen LogP contribution in [-0.2, 0) is 0 Å². The monoisotopic (exact) mass is 414 g/mol. The summed E-state index contributed by atoms with van der Waals surface area (Å²) in [5.74, 6) is 1.11. The molecule has 0 unspecified atom stereocenters. The number of methoxy groups -OCH3 is 2. The van der Waals surface area contributed by atoms with Gasteiger partial charge in [0, 0.05) is 29.2 Å². The molecule has 4 rings (SSSR count). The Morgan fingerprint density at radius 2 is 1.79 bits per heavy atom. The molecule has 5 nitrogen and oxygen atoms in total. The Balaban J connectivity index is 2.07. The van der Waals surface area contributed by atoms with Crippen LogP contribution in [0.2, 0.25) is 5.02 Å². The highest BCUT2D eigenvalue weighted by atomic mass is 35.5. The third-order valence-corrected chi connectivity index (χ3v) is 5.98. The van der Waals surface area contributed by atoms with Gasteiger partial charge < -0.3 is 19.0 Å². The molecule has 1 heterocycles. The zero-order chi connectivity index (χ0) is 20.5. The van der Waals surface area contributed by atoms with E-state index in [9.17, 15) is 9.90 Å². The summed E-state index contributed by atoms with van der Waals surface area (Å²) in [6.45, 7) is 0. The average molecular weight is 415 g/mol. The molecule has 1 fully saturated rings. The summed E-state index contributed by atoms with van der Waals surface area (Å²) in [6.07, 6.45) is 2.94. The molecule has 3 aromatic rings. The van der Waals surface area contributed by atoms with E-state index in [1.54, 1.807) is 25.3 Å². The van der Waals surface area contributed by atoms with Crippen LogP contribution in [0.15, 0.2) is 45.6 Å². The van der Waals surface area contributed by atoms with Crippen LogP contribution < -0.4 is 14.9 Å². The number of ether oxygens (including phenoxy) is 2. The fourth-order valence-corrected chi connectivity index (χ4v) is 4.45. The zero-order valence-corrected chi connectivity index (χ0v) is 17.2. The lowest BCUT2D eigenvalue weighted by atomic mass is 9.80. The third kappa shape index (κ3) is 3.49. The van der Waals surface area contributed by atoms with Crippen molar-refractivity contribution in [2.75, 3.05) is 14.2 Å². The van der Waals surface area contributed by atoms with E-state index in [2.05, 4.69) is 0 Å². The molecule has 1 aliphatic carbocycles. The maximum atomic E-state index is 13.1. The Morgan fingerprint density at radius 1 is 1.07 bits per heavy atom. The van der Waals surface area contributed by atoms with Gasteiger partial charge in [0.25, 0.3) is 0 Å². The van der Waals surface area contributed by atoms with Crippen molar-refractivity contribution in [1.29, 1.82) is 0 Å². The summed E-state index contributed by atoms with van der Waals surface area (Å²) in [7, 11) is 3.07. The molecule has 152 valence electrons. The molecule has 1 saturated carbocycles. The minimum absolute atomic E-state index is 0.184. The first kappa shape index (κ1) is 19.8. The number of halogens is 1. The number of benzene rings is 2. The summed E-state index contributed by atoms with van der Waals surface area (Å²) in [5.41, 5.74) is 1.49. The lowest BCUT2D eigenvalue weighted by Crippen LogP contribution is -2.23. The van der Waals surface area contributed by atoms with Crippen LogP contribution in [0.5, 0.6) is 11.5 Å². The van der Waals surface area contributed by atoms with E-state index in [4.69, 9.17) is 25.5 Å². The second kappa shape index (κ2) is 8.09. The van der Waals surface area contributed by atoms with Crippen LogP contribution in [-0.4, -0.2) is 25.4 Å². The molecule has 0 saturated heterocycles. The maximum absolute atomic E-state index is 13.1. The second-order valence-corrected chi connectivity index (χ2v) is 7.72. The number of hydrogen-bond donors (Lipinski definition) is 1. The number of aliphatic hydroxyl groups is 1. The Kier molecular flexibility index (Phi) is 5.52. The Labute approximate surface area is 173 Å². The predicted octanol–water partition coefficient (Wildman–Crippen LogP) is 5.15. The quantitative estimate of drug-likeness (QED) is 0.639. The van der Waals surface area contributed by atoms with E-state index in [1.807, 2.05) is 12.1 Å². The van der Waals surface area contributed by atoms with Gasteiger partial charge in [-0.05, 0) is 25.0 Å². The SMILES string of the molecule is COc1cc(OC)c2c(=O)cc(-c3ccccc3Cl)oc2c1[C@@H]1CCCC[C@@H]1O. The van der Waals surface area contributed by atoms with Gasteiger partial charge in [-0.15, -0.1) is 0 Å². The first-order valence-corrected chi connectivity index (χ1v) is 10.1. The van der Waals surface area contributed by atoms with Gasteiger partial charge in [-0.2, -0.15) is 0 Å². The van der Waals surface area contributed by atoms with Crippen molar-refractivity contribution >= 4 is 22.6 Å². The Morgan fingerprint density at radius 3 is 2.48 bits per heavy atom. The van der Waals surface area contributed by atoms with E-state index in [1.165, 1.54) is 13.2 Å². The first-order chi connectivity index (χ1) is 14.0. The molecule has 0 aliphatic heterocycles. The van der Waals surface area contributed by atoms with Crippen LogP contribution in [0, 0.1) is 0 Å². The van der Waals surface area contributed by atoms with E-state index in [0.717, 1.165) is 19.3 Å². The van der Waals surface area contributed by atoms with Crippen molar-refractivity contribution < 1.29 is 19.0 Å². The van der Waals surface area contributed by atoms with E-state index in [-0.39, 0.29) is 11.3 Å².